The molecule has 0 fully saturated rings. The average Bonchev–Trinajstić information content (AvgIpc) is 2.90. The molecule has 1 amide bonds. The summed E-state index contributed by atoms with van der Waals surface area (Å²) in [4.78, 5) is 16.4. The first-order valence-corrected chi connectivity index (χ1v) is 6.99. The molecule has 1 N–H and O–H groups in total. The number of amides is 1. The van der Waals surface area contributed by atoms with Gasteiger partial charge in [0.2, 0.25) is 0 Å². The standard InChI is InChI=1S/C15H15F2N3O2/c1-22-14-10(16)6-9(7-11(14)17)15(21)19-13-8-18-12-4-2-3-5-20(12)13/h6-8H,2-5H2,1H3,(H,19,21). The second-order valence-electron chi connectivity index (χ2n) is 5.10. The summed E-state index contributed by atoms with van der Waals surface area (Å²) in [5, 5.41) is 2.65. The van der Waals surface area contributed by atoms with E-state index in [1.807, 2.05) is 4.57 Å². The Morgan fingerprint density at radius 2 is 2.05 bits per heavy atom. The van der Waals surface area contributed by atoms with Gasteiger partial charge in [0.05, 0.1) is 13.3 Å². The first-order chi connectivity index (χ1) is 10.6. The molecule has 2 heterocycles. The van der Waals surface area contributed by atoms with Crippen molar-refractivity contribution in [2.24, 2.45) is 0 Å². The number of benzene rings is 1. The van der Waals surface area contributed by atoms with Gasteiger partial charge < -0.3 is 14.6 Å². The van der Waals surface area contributed by atoms with Gasteiger partial charge in [-0.2, -0.15) is 0 Å². The zero-order valence-electron chi connectivity index (χ0n) is 12.0. The van der Waals surface area contributed by atoms with Crippen LogP contribution in [0, 0.1) is 11.6 Å². The van der Waals surface area contributed by atoms with Crippen LogP contribution in [0.2, 0.25) is 0 Å². The molecule has 22 heavy (non-hydrogen) atoms. The Morgan fingerprint density at radius 3 is 2.73 bits per heavy atom. The van der Waals surface area contributed by atoms with E-state index in [2.05, 4.69) is 15.0 Å². The van der Waals surface area contributed by atoms with Crippen LogP contribution in [0.4, 0.5) is 14.6 Å². The van der Waals surface area contributed by atoms with Crippen LogP contribution in [0.5, 0.6) is 5.75 Å². The van der Waals surface area contributed by atoms with Crippen molar-refractivity contribution in [3.05, 3.63) is 41.4 Å². The number of aromatic nitrogens is 2. The normalized spacial score (nSPS) is 13.6. The molecule has 0 unspecified atom stereocenters. The summed E-state index contributed by atoms with van der Waals surface area (Å²) in [7, 11) is 1.17. The number of carbonyl (C=O) groups is 1. The Hall–Kier alpha value is -2.44. The highest BCUT2D eigenvalue weighted by Crippen LogP contribution is 2.24. The van der Waals surface area contributed by atoms with Crippen LogP contribution in [0.1, 0.15) is 29.0 Å². The van der Waals surface area contributed by atoms with Gasteiger partial charge in [-0.15, -0.1) is 0 Å². The highest BCUT2D eigenvalue weighted by atomic mass is 19.1. The smallest absolute Gasteiger partial charge is 0.257 e. The minimum Gasteiger partial charge on any atom is -0.491 e. The van der Waals surface area contributed by atoms with Gasteiger partial charge in [-0.1, -0.05) is 0 Å². The summed E-state index contributed by atoms with van der Waals surface area (Å²) in [6, 6.07) is 1.90. The topological polar surface area (TPSA) is 56.1 Å². The van der Waals surface area contributed by atoms with Crippen molar-refractivity contribution in [2.45, 2.75) is 25.8 Å². The lowest BCUT2D eigenvalue weighted by atomic mass is 10.1. The van der Waals surface area contributed by atoms with Crippen LogP contribution in [0.3, 0.4) is 0 Å². The van der Waals surface area contributed by atoms with Crippen molar-refractivity contribution in [1.82, 2.24) is 9.55 Å². The fourth-order valence-electron chi connectivity index (χ4n) is 2.59. The van der Waals surface area contributed by atoms with Crippen LogP contribution in [-0.2, 0) is 13.0 Å². The highest BCUT2D eigenvalue weighted by molar-refractivity contribution is 6.03. The lowest BCUT2D eigenvalue weighted by Gasteiger charge is -2.16. The Labute approximate surface area is 125 Å². The Balaban J connectivity index is 1.85. The molecule has 0 atom stereocenters. The van der Waals surface area contributed by atoms with Crippen LogP contribution in [0.25, 0.3) is 0 Å². The fourth-order valence-corrected chi connectivity index (χ4v) is 2.59. The van der Waals surface area contributed by atoms with E-state index in [-0.39, 0.29) is 5.56 Å². The molecule has 0 saturated heterocycles. The van der Waals surface area contributed by atoms with Gasteiger partial charge in [-0.25, -0.2) is 13.8 Å². The number of hydrogen-bond donors (Lipinski definition) is 1. The van der Waals surface area contributed by atoms with Crippen molar-refractivity contribution >= 4 is 11.7 Å². The molecule has 5 nitrogen and oxygen atoms in total. The van der Waals surface area contributed by atoms with E-state index in [0.29, 0.717) is 5.82 Å². The minimum atomic E-state index is -0.914. The van der Waals surface area contributed by atoms with Crippen LogP contribution < -0.4 is 10.1 Å². The van der Waals surface area contributed by atoms with Gasteiger partial charge in [-0.05, 0) is 25.0 Å². The molecule has 0 aliphatic carbocycles. The maximum absolute atomic E-state index is 13.7. The third-order valence-electron chi connectivity index (χ3n) is 3.68. The van der Waals surface area contributed by atoms with Gasteiger partial charge in [0.15, 0.2) is 17.4 Å². The third kappa shape index (κ3) is 2.54. The van der Waals surface area contributed by atoms with Crippen LogP contribution >= 0.6 is 0 Å². The summed E-state index contributed by atoms with van der Waals surface area (Å²) in [5.74, 6) is -1.47. The van der Waals surface area contributed by atoms with E-state index in [4.69, 9.17) is 0 Å². The number of hydrogen-bond acceptors (Lipinski definition) is 3. The van der Waals surface area contributed by atoms with Gasteiger partial charge in [0.1, 0.15) is 11.6 Å². The predicted molar refractivity (Wildman–Crippen MR) is 76.0 cm³/mol. The molecular formula is C15H15F2N3O2. The number of anilines is 1. The Bertz CT molecular complexity index is 705. The van der Waals surface area contributed by atoms with E-state index in [9.17, 15) is 13.6 Å². The number of fused-ring (bicyclic) bond motifs is 1. The van der Waals surface area contributed by atoms with Crippen molar-refractivity contribution < 1.29 is 18.3 Å². The maximum atomic E-state index is 13.7. The van der Waals surface area contributed by atoms with E-state index in [0.717, 1.165) is 43.8 Å². The van der Waals surface area contributed by atoms with E-state index >= 15 is 0 Å². The Morgan fingerprint density at radius 1 is 1.32 bits per heavy atom. The molecular weight excluding hydrogens is 292 g/mol. The number of carbonyl (C=O) groups excluding carboxylic acids is 1. The van der Waals surface area contributed by atoms with E-state index in [1.54, 1.807) is 6.20 Å². The second-order valence-corrected chi connectivity index (χ2v) is 5.10. The highest BCUT2D eigenvalue weighted by Gasteiger charge is 2.19. The Kier molecular flexibility index (Phi) is 3.79. The number of rotatable bonds is 3. The summed E-state index contributed by atoms with van der Waals surface area (Å²) in [5.41, 5.74) is -0.109. The predicted octanol–water partition coefficient (Wildman–Crippen LogP) is 2.76. The molecule has 1 aliphatic rings. The molecule has 0 bridgehead atoms. The molecule has 116 valence electrons. The summed E-state index contributed by atoms with van der Waals surface area (Å²) in [6.45, 7) is 0.774. The van der Waals surface area contributed by atoms with Crippen LogP contribution in [0.15, 0.2) is 18.3 Å². The zero-order chi connectivity index (χ0) is 15.7. The molecule has 7 heteroatoms. The van der Waals surface area contributed by atoms with E-state index < -0.39 is 23.3 Å². The fraction of sp³-hybridized carbons (Fsp3) is 0.333. The van der Waals surface area contributed by atoms with Gasteiger partial charge in [0, 0.05) is 18.5 Å². The molecule has 3 rings (SSSR count). The van der Waals surface area contributed by atoms with Crippen LogP contribution in [-0.4, -0.2) is 22.6 Å². The van der Waals surface area contributed by atoms with Gasteiger partial charge in [-0.3, -0.25) is 4.79 Å². The summed E-state index contributed by atoms with van der Waals surface area (Å²) >= 11 is 0. The van der Waals surface area contributed by atoms with Crippen molar-refractivity contribution in [2.75, 3.05) is 12.4 Å². The number of halogens is 2. The minimum absolute atomic E-state index is 0.109. The molecule has 1 aliphatic heterocycles. The first-order valence-electron chi connectivity index (χ1n) is 6.99. The monoisotopic (exact) mass is 307 g/mol. The average molecular weight is 307 g/mol. The molecule has 1 aromatic carbocycles. The summed E-state index contributed by atoms with van der Waals surface area (Å²) in [6.07, 6.45) is 4.51. The lowest BCUT2D eigenvalue weighted by molar-refractivity contribution is 0.102. The zero-order valence-corrected chi connectivity index (χ0v) is 12.0. The third-order valence-corrected chi connectivity index (χ3v) is 3.68. The summed E-state index contributed by atoms with van der Waals surface area (Å²) < 4.78 is 33.8. The maximum Gasteiger partial charge on any atom is 0.257 e. The van der Waals surface area contributed by atoms with Crippen molar-refractivity contribution in [3.63, 3.8) is 0 Å². The number of nitrogens with one attached hydrogen (secondary N) is 1. The van der Waals surface area contributed by atoms with Gasteiger partial charge >= 0.3 is 0 Å². The van der Waals surface area contributed by atoms with Gasteiger partial charge in [0.25, 0.3) is 5.91 Å². The molecule has 0 radical (unpaired) electrons. The quantitative estimate of drug-likeness (QED) is 0.948. The molecule has 2 aromatic rings. The molecule has 0 saturated carbocycles. The number of imidazole rings is 1. The first kappa shape index (κ1) is 14.5. The number of nitrogens with zero attached hydrogens (tertiary/aromatic N) is 2. The number of aryl methyl sites for hydroxylation is 1. The number of methoxy groups -OCH3 is 1. The number of ether oxygens (including phenoxy) is 1. The molecule has 0 spiro atoms. The molecule has 1 aromatic heterocycles. The van der Waals surface area contributed by atoms with Crippen molar-refractivity contribution in [1.29, 1.82) is 0 Å². The van der Waals surface area contributed by atoms with Crippen molar-refractivity contribution in [3.8, 4) is 5.75 Å². The largest absolute Gasteiger partial charge is 0.491 e. The SMILES string of the molecule is COc1c(F)cc(C(=O)Nc2cnc3n2CCCC3)cc1F. The second kappa shape index (κ2) is 5.75. The lowest BCUT2D eigenvalue weighted by Crippen LogP contribution is -2.18. The van der Waals surface area contributed by atoms with E-state index in [1.165, 1.54) is 7.11 Å².